The van der Waals surface area contributed by atoms with Crippen molar-refractivity contribution in [1.29, 1.82) is 0 Å². The molecule has 0 unspecified atom stereocenters. The Morgan fingerprint density at radius 2 is 1.91 bits per heavy atom. The molecule has 0 aliphatic heterocycles. The van der Waals surface area contributed by atoms with Crippen LogP contribution in [-0.2, 0) is 4.79 Å². The van der Waals surface area contributed by atoms with Gasteiger partial charge in [0.1, 0.15) is 0 Å². The second-order valence-electron chi connectivity index (χ2n) is 2.26. The second kappa shape index (κ2) is 4.46. The summed E-state index contributed by atoms with van der Waals surface area (Å²) in [7, 11) is 5.06. The van der Waals surface area contributed by atoms with Gasteiger partial charge in [0.2, 0.25) is 0 Å². The Kier molecular flexibility index (Phi) is 4.30. The molecule has 0 aliphatic rings. The molecular weight excluding hydrogens is 214 g/mol. The predicted octanol–water partition coefficient (Wildman–Crippen LogP) is -0.768. The van der Waals surface area contributed by atoms with Gasteiger partial charge in [-0.3, -0.25) is 0 Å². The van der Waals surface area contributed by atoms with Crippen LogP contribution in [0.1, 0.15) is 0 Å². The SMILES string of the molecule is CN(C)C(=[Se])N(C)C(=O)CF. The monoisotopic (exact) mass is 226 g/mol. The zero-order chi connectivity index (χ0) is 9.02. The molecule has 1 amide bonds. The minimum atomic E-state index is -0.963. The van der Waals surface area contributed by atoms with Crippen molar-refractivity contribution in [3.63, 3.8) is 0 Å². The van der Waals surface area contributed by atoms with Crippen molar-refractivity contribution < 1.29 is 9.18 Å². The van der Waals surface area contributed by atoms with Gasteiger partial charge in [0.15, 0.2) is 0 Å². The van der Waals surface area contributed by atoms with Crippen LogP contribution in [-0.4, -0.2) is 63.8 Å². The molecule has 0 radical (unpaired) electrons. The Hall–Kier alpha value is -0.411. The zero-order valence-electron chi connectivity index (χ0n) is 6.80. The molecule has 0 spiro atoms. The molecule has 0 heterocycles. The Labute approximate surface area is 73.5 Å². The average Bonchev–Trinajstić information content (AvgIpc) is 2.00. The van der Waals surface area contributed by atoms with E-state index in [2.05, 4.69) is 15.6 Å². The summed E-state index contributed by atoms with van der Waals surface area (Å²) in [6.45, 7) is -0.963. The van der Waals surface area contributed by atoms with Gasteiger partial charge in [0.25, 0.3) is 0 Å². The van der Waals surface area contributed by atoms with Crippen molar-refractivity contribution in [3.8, 4) is 0 Å². The van der Waals surface area contributed by atoms with Gasteiger partial charge in [0, 0.05) is 0 Å². The fourth-order valence-electron chi connectivity index (χ4n) is 0.496. The topological polar surface area (TPSA) is 23.6 Å². The van der Waals surface area contributed by atoms with Crippen LogP contribution < -0.4 is 0 Å². The molecule has 11 heavy (non-hydrogen) atoms. The Morgan fingerprint density at radius 1 is 1.45 bits per heavy atom. The van der Waals surface area contributed by atoms with E-state index >= 15 is 0 Å². The number of nitrogens with zero attached hydrogens (tertiary/aromatic N) is 2. The van der Waals surface area contributed by atoms with Crippen molar-refractivity contribution in [1.82, 2.24) is 9.80 Å². The molecule has 0 aromatic heterocycles. The molecule has 0 aromatic carbocycles. The molecule has 0 atom stereocenters. The summed E-state index contributed by atoms with van der Waals surface area (Å²) in [5.74, 6) is -0.549. The first-order chi connectivity index (χ1) is 5.00. The van der Waals surface area contributed by atoms with Crippen molar-refractivity contribution in [2.24, 2.45) is 0 Å². The van der Waals surface area contributed by atoms with Crippen LogP contribution >= 0.6 is 0 Å². The molecule has 0 saturated heterocycles. The number of rotatable bonds is 3. The third-order valence-corrected chi connectivity index (χ3v) is 2.50. The molecule has 0 rings (SSSR count). The Bertz CT molecular complexity index is 172. The van der Waals surface area contributed by atoms with E-state index in [1.54, 1.807) is 19.0 Å². The van der Waals surface area contributed by atoms with E-state index < -0.39 is 12.6 Å². The third kappa shape index (κ3) is 2.99. The minimum absolute atomic E-state index is 0.549. The first-order valence-electron chi connectivity index (χ1n) is 3.04. The summed E-state index contributed by atoms with van der Waals surface area (Å²) >= 11 is 2.67. The number of amides is 1. The van der Waals surface area contributed by atoms with Gasteiger partial charge in [-0.25, -0.2) is 0 Å². The summed E-state index contributed by atoms with van der Waals surface area (Å²) in [6.07, 6.45) is 0. The molecule has 0 fully saturated rings. The molecule has 0 bridgehead atoms. The standard InChI is InChI=1S/C6H11FN2OSe/c1-8(2)6(11)9(3)5(10)4-7/h4H2,1-3H3. The van der Waals surface area contributed by atoms with E-state index in [1.807, 2.05) is 0 Å². The van der Waals surface area contributed by atoms with Gasteiger partial charge in [-0.2, -0.15) is 0 Å². The average molecular weight is 225 g/mol. The van der Waals surface area contributed by atoms with Crippen molar-refractivity contribution >= 4 is 26.1 Å². The molecule has 5 heteroatoms. The van der Waals surface area contributed by atoms with Crippen molar-refractivity contribution in [3.05, 3.63) is 0 Å². The van der Waals surface area contributed by atoms with Gasteiger partial charge < -0.3 is 0 Å². The molecule has 64 valence electrons. The Morgan fingerprint density at radius 3 is 2.18 bits per heavy atom. The zero-order valence-corrected chi connectivity index (χ0v) is 8.51. The van der Waals surface area contributed by atoms with Crippen LogP contribution in [0.3, 0.4) is 0 Å². The number of hydrogen-bond donors (Lipinski definition) is 0. The van der Waals surface area contributed by atoms with E-state index in [0.717, 1.165) is 0 Å². The van der Waals surface area contributed by atoms with Gasteiger partial charge in [-0.15, -0.1) is 0 Å². The van der Waals surface area contributed by atoms with Gasteiger partial charge in [0.05, 0.1) is 0 Å². The number of carbonyl (C=O) groups excluding carboxylic acids is 1. The van der Waals surface area contributed by atoms with Gasteiger partial charge >= 0.3 is 73.0 Å². The summed E-state index contributed by atoms with van der Waals surface area (Å²) in [4.78, 5) is 13.7. The van der Waals surface area contributed by atoms with Crippen molar-refractivity contribution in [2.45, 2.75) is 0 Å². The molecule has 0 N–H and O–H groups in total. The third-order valence-electron chi connectivity index (χ3n) is 1.16. The van der Waals surface area contributed by atoms with Gasteiger partial charge in [-0.05, 0) is 0 Å². The van der Waals surface area contributed by atoms with Crippen LogP contribution in [0.4, 0.5) is 4.39 Å². The summed E-state index contributed by atoms with van der Waals surface area (Å²) in [5.41, 5.74) is 0. The molecule has 0 aromatic rings. The predicted molar refractivity (Wildman–Crippen MR) is 43.2 cm³/mol. The maximum atomic E-state index is 11.8. The van der Waals surface area contributed by atoms with Crippen molar-refractivity contribution in [2.75, 3.05) is 27.8 Å². The maximum absolute atomic E-state index is 11.8. The van der Waals surface area contributed by atoms with E-state index in [-0.39, 0.29) is 0 Å². The first-order valence-corrected chi connectivity index (χ1v) is 3.90. The fraction of sp³-hybridized carbons (Fsp3) is 0.667. The van der Waals surface area contributed by atoms with Gasteiger partial charge in [-0.1, -0.05) is 0 Å². The van der Waals surface area contributed by atoms with Crippen LogP contribution in [0.2, 0.25) is 0 Å². The van der Waals surface area contributed by atoms with Crippen LogP contribution in [0.15, 0.2) is 0 Å². The molecule has 0 saturated carbocycles. The van der Waals surface area contributed by atoms with Crippen LogP contribution in [0.5, 0.6) is 0 Å². The van der Waals surface area contributed by atoms with E-state index in [9.17, 15) is 9.18 Å². The van der Waals surface area contributed by atoms with Crippen LogP contribution in [0.25, 0.3) is 0 Å². The number of halogens is 1. The molecule has 0 aliphatic carbocycles. The number of hydrogen-bond acceptors (Lipinski definition) is 2. The van der Waals surface area contributed by atoms with E-state index in [0.29, 0.717) is 4.67 Å². The normalized spacial score (nSPS) is 9.09. The summed E-state index contributed by atoms with van der Waals surface area (Å²) in [5, 5.41) is 0. The van der Waals surface area contributed by atoms with E-state index in [1.165, 1.54) is 11.9 Å². The van der Waals surface area contributed by atoms with E-state index in [4.69, 9.17) is 0 Å². The number of carbonyl (C=O) groups is 1. The quantitative estimate of drug-likeness (QED) is 0.589. The molecule has 3 nitrogen and oxygen atoms in total. The summed E-state index contributed by atoms with van der Waals surface area (Å²) in [6, 6.07) is 0. The summed E-state index contributed by atoms with van der Waals surface area (Å²) < 4.78 is 12.4. The fourth-order valence-corrected chi connectivity index (χ4v) is 0.710. The number of alkyl halides is 1. The Balaban J connectivity index is 4.13. The first kappa shape index (κ1) is 10.6. The second-order valence-corrected chi connectivity index (χ2v) is 3.03. The molecular formula is C6H11FN2OSe. The van der Waals surface area contributed by atoms with Crippen LogP contribution in [0, 0.1) is 0 Å².